The van der Waals surface area contributed by atoms with Crippen LogP contribution in [-0.4, -0.2) is 33.6 Å². The summed E-state index contributed by atoms with van der Waals surface area (Å²) in [4.78, 5) is 21.7. The lowest BCUT2D eigenvalue weighted by Gasteiger charge is -2.06. The Labute approximate surface area is 127 Å². The van der Waals surface area contributed by atoms with Gasteiger partial charge in [-0.25, -0.2) is 9.59 Å². The van der Waals surface area contributed by atoms with Gasteiger partial charge in [-0.2, -0.15) is 10.2 Å². The van der Waals surface area contributed by atoms with Crippen molar-refractivity contribution < 1.29 is 19.8 Å². The van der Waals surface area contributed by atoms with E-state index in [2.05, 4.69) is 21.1 Å². The smallest absolute Gasteiger partial charge is 0.352 e. The molecule has 0 saturated heterocycles. The molecule has 0 atom stereocenters. The number of carbonyl (C=O) groups is 2. The molecule has 1 rings (SSSR count). The van der Waals surface area contributed by atoms with Crippen LogP contribution in [0.25, 0.3) is 0 Å². The van der Waals surface area contributed by atoms with E-state index in [1.165, 1.54) is 0 Å². The van der Waals surface area contributed by atoms with Crippen molar-refractivity contribution in [3.05, 3.63) is 24.3 Å². The van der Waals surface area contributed by atoms with Crippen LogP contribution < -0.4 is 10.9 Å². The molecule has 0 fully saturated rings. The lowest BCUT2D eigenvalue weighted by molar-refractivity contribution is -0.130. The monoisotopic (exact) mass is 306 g/mol. The van der Waals surface area contributed by atoms with Gasteiger partial charge in [-0.1, -0.05) is 19.9 Å². The Kier molecular flexibility index (Phi) is 6.55. The van der Waals surface area contributed by atoms with Gasteiger partial charge in [0, 0.05) is 0 Å². The van der Waals surface area contributed by atoms with E-state index in [0.29, 0.717) is 24.2 Å². The van der Waals surface area contributed by atoms with Crippen molar-refractivity contribution in [3.8, 4) is 0 Å². The topological polar surface area (TPSA) is 123 Å². The Balaban J connectivity index is 2.82. The number of hydrogen-bond donors (Lipinski definition) is 4. The number of hydrazone groups is 2. The third kappa shape index (κ3) is 5.23. The molecule has 8 heteroatoms. The molecule has 0 aromatic heterocycles. The molecule has 0 spiro atoms. The average Bonchev–Trinajstić information content (AvgIpc) is 2.48. The Bertz CT molecular complexity index is 561. The molecule has 8 nitrogen and oxygen atoms in total. The molecule has 0 amide bonds. The minimum absolute atomic E-state index is 0.00975. The summed E-state index contributed by atoms with van der Waals surface area (Å²) in [5.41, 5.74) is 6.42. The van der Waals surface area contributed by atoms with Gasteiger partial charge in [-0.15, -0.1) is 0 Å². The summed E-state index contributed by atoms with van der Waals surface area (Å²) in [6.07, 6.45) is 0.589. The number of rotatable bonds is 8. The predicted molar refractivity (Wildman–Crippen MR) is 84.4 cm³/mol. The molecule has 0 aliphatic carbocycles. The second-order valence-corrected chi connectivity index (χ2v) is 4.24. The fourth-order valence-corrected chi connectivity index (χ4v) is 1.48. The second-order valence-electron chi connectivity index (χ2n) is 4.24. The molecule has 0 aliphatic heterocycles. The van der Waals surface area contributed by atoms with Crippen molar-refractivity contribution in [1.82, 2.24) is 0 Å². The van der Waals surface area contributed by atoms with Gasteiger partial charge in [0.25, 0.3) is 0 Å². The highest BCUT2D eigenvalue weighted by atomic mass is 16.4. The molecular weight excluding hydrogens is 288 g/mol. The summed E-state index contributed by atoms with van der Waals surface area (Å²) in [5.74, 6) is -2.16. The van der Waals surface area contributed by atoms with Gasteiger partial charge < -0.3 is 10.2 Å². The summed E-state index contributed by atoms with van der Waals surface area (Å²) in [6, 6.07) is 6.74. The third-order valence-corrected chi connectivity index (χ3v) is 2.67. The third-order valence-electron chi connectivity index (χ3n) is 2.67. The summed E-state index contributed by atoms with van der Waals surface area (Å²) in [6.45, 7) is 3.39. The number of hydrogen-bond acceptors (Lipinski definition) is 6. The lowest BCUT2D eigenvalue weighted by atomic mass is 10.3. The number of carboxylic acids is 2. The van der Waals surface area contributed by atoms with Crippen LogP contribution in [0.4, 0.5) is 11.4 Å². The maximum Gasteiger partial charge on any atom is 0.352 e. The molecule has 22 heavy (non-hydrogen) atoms. The second kappa shape index (κ2) is 8.40. The van der Waals surface area contributed by atoms with E-state index in [1.807, 2.05) is 0 Å². The summed E-state index contributed by atoms with van der Waals surface area (Å²) in [7, 11) is 0. The van der Waals surface area contributed by atoms with E-state index in [-0.39, 0.29) is 11.4 Å². The Morgan fingerprint density at radius 3 is 1.68 bits per heavy atom. The van der Waals surface area contributed by atoms with Gasteiger partial charge in [0.15, 0.2) is 0 Å². The zero-order valence-electron chi connectivity index (χ0n) is 12.3. The van der Waals surface area contributed by atoms with Gasteiger partial charge >= 0.3 is 11.9 Å². The van der Waals surface area contributed by atoms with Crippen LogP contribution in [0.3, 0.4) is 0 Å². The van der Waals surface area contributed by atoms with Gasteiger partial charge in [-0.3, -0.25) is 10.9 Å². The van der Waals surface area contributed by atoms with E-state index in [1.54, 1.807) is 38.1 Å². The molecule has 1 aromatic carbocycles. The van der Waals surface area contributed by atoms with Crippen LogP contribution in [0.2, 0.25) is 0 Å². The first kappa shape index (κ1) is 17.2. The van der Waals surface area contributed by atoms with Crippen LogP contribution in [-0.2, 0) is 9.59 Å². The van der Waals surface area contributed by atoms with Gasteiger partial charge in [0.05, 0.1) is 11.4 Å². The molecular formula is C14H18N4O4. The van der Waals surface area contributed by atoms with E-state index in [4.69, 9.17) is 10.2 Å². The van der Waals surface area contributed by atoms with Crippen molar-refractivity contribution in [1.29, 1.82) is 0 Å². The van der Waals surface area contributed by atoms with Crippen LogP contribution in [0, 0.1) is 0 Å². The Morgan fingerprint density at radius 2 is 1.36 bits per heavy atom. The number of carboxylic acid groups (broad SMARTS) is 2. The summed E-state index contributed by atoms with van der Waals surface area (Å²) in [5, 5.41) is 25.4. The Hall–Kier alpha value is -2.90. The molecule has 4 N–H and O–H groups in total. The number of nitrogens with one attached hydrogen (secondary N) is 2. The van der Waals surface area contributed by atoms with Crippen LogP contribution >= 0.6 is 0 Å². The SMILES string of the molecule is CC/C(=N/Nc1cccc(N/N=C(/CC)C(=O)O)c1)C(=O)O. The zero-order chi connectivity index (χ0) is 16.5. The molecule has 0 radical (unpaired) electrons. The number of nitrogens with zero attached hydrogens (tertiary/aromatic N) is 2. The normalized spacial score (nSPS) is 11.9. The van der Waals surface area contributed by atoms with Crippen molar-refractivity contribution in [2.45, 2.75) is 26.7 Å². The number of aliphatic carboxylic acids is 2. The van der Waals surface area contributed by atoms with Crippen molar-refractivity contribution in [2.75, 3.05) is 10.9 Å². The highest BCUT2D eigenvalue weighted by Gasteiger charge is 2.07. The highest BCUT2D eigenvalue weighted by Crippen LogP contribution is 2.15. The lowest BCUT2D eigenvalue weighted by Crippen LogP contribution is -2.14. The highest BCUT2D eigenvalue weighted by molar-refractivity contribution is 6.36. The molecule has 0 heterocycles. The van der Waals surface area contributed by atoms with E-state index < -0.39 is 11.9 Å². The first-order valence-corrected chi connectivity index (χ1v) is 6.69. The van der Waals surface area contributed by atoms with Gasteiger partial charge in [0.2, 0.25) is 0 Å². The minimum Gasteiger partial charge on any atom is -0.477 e. The molecule has 0 saturated carbocycles. The summed E-state index contributed by atoms with van der Waals surface area (Å²) >= 11 is 0. The first-order valence-electron chi connectivity index (χ1n) is 6.69. The predicted octanol–water partition coefficient (Wildman–Crippen LogP) is 2.21. The number of benzene rings is 1. The standard InChI is InChI=1S/C14H18N4O4/c1-3-11(13(19)20)17-15-9-6-5-7-10(8-9)16-18-12(4-2)14(21)22/h5-8,15-16H,3-4H2,1-2H3,(H,19,20)(H,21,22)/b17-11-,18-12-. The fourth-order valence-electron chi connectivity index (χ4n) is 1.48. The van der Waals surface area contributed by atoms with Crippen molar-refractivity contribution in [3.63, 3.8) is 0 Å². The molecule has 0 unspecified atom stereocenters. The van der Waals surface area contributed by atoms with E-state index >= 15 is 0 Å². The Morgan fingerprint density at radius 1 is 0.955 bits per heavy atom. The van der Waals surface area contributed by atoms with E-state index in [0.717, 1.165) is 0 Å². The molecule has 118 valence electrons. The van der Waals surface area contributed by atoms with Crippen LogP contribution in [0.15, 0.2) is 34.5 Å². The van der Waals surface area contributed by atoms with Crippen LogP contribution in [0.1, 0.15) is 26.7 Å². The molecule has 1 aromatic rings. The van der Waals surface area contributed by atoms with Gasteiger partial charge in [-0.05, 0) is 31.0 Å². The molecule has 0 aliphatic rings. The van der Waals surface area contributed by atoms with Crippen LogP contribution in [0.5, 0.6) is 0 Å². The number of anilines is 2. The first-order chi connectivity index (χ1) is 10.5. The maximum atomic E-state index is 10.8. The van der Waals surface area contributed by atoms with Crippen molar-refractivity contribution >= 4 is 34.7 Å². The largest absolute Gasteiger partial charge is 0.477 e. The van der Waals surface area contributed by atoms with Crippen molar-refractivity contribution in [2.24, 2.45) is 10.2 Å². The molecule has 0 bridgehead atoms. The maximum absolute atomic E-state index is 10.8. The van der Waals surface area contributed by atoms with Gasteiger partial charge in [0.1, 0.15) is 11.4 Å². The zero-order valence-corrected chi connectivity index (χ0v) is 12.3. The fraction of sp³-hybridized carbons (Fsp3) is 0.286. The average molecular weight is 306 g/mol. The van der Waals surface area contributed by atoms with E-state index in [9.17, 15) is 9.59 Å². The minimum atomic E-state index is -1.08. The summed E-state index contributed by atoms with van der Waals surface area (Å²) < 4.78 is 0. The quantitative estimate of drug-likeness (QED) is 0.431.